The molecule has 2 heterocycles. The average Bonchev–Trinajstić information content (AvgIpc) is 3.65. The first-order valence-corrected chi connectivity index (χ1v) is 15.1. The van der Waals surface area contributed by atoms with Gasteiger partial charge in [-0.25, -0.2) is 0 Å². The van der Waals surface area contributed by atoms with Gasteiger partial charge >= 0.3 is 23.9 Å². The molecule has 0 bridgehead atoms. The Bertz CT molecular complexity index is 1380. The predicted molar refractivity (Wildman–Crippen MR) is 153 cm³/mol. The van der Waals surface area contributed by atoms with Gasteiger partial charge in [0.1, 0.15) is 30.7 Å². The number of methoxy groups -OCH3 is 1. The van der Waals surface area contributed by atoms with Gasteiger partial charge in [-0.15, -0.1) is 0 Å². The van der Waals surface area contributed by atoms with Crippen molar-refractivity contribution >= 4 is 30.2 Å². The summed E-state index contributed by atoms with van der Waals surface area (Å²) in [6.45, 7) is 11.4. The lowest BCUT2D eigenvalue weighted by Gasteiger charge is -2.67. The lowest BCUT2D eigenvalue weighted by Crippen LogP contribution is -2.74. The first kappa shape index (κ1) is 31.9. The molecule has 11 nitrogen and oxygen atoms in total. The van der Waals surface area contributed by atoms with E-state index in [1.807, 2.05) is 26.8 Å². The average molecular weight is 615 g/mol. The van der Waals surface area contributed by atoms with E-state index < -0.39 is 76.4 Å². The van der Waals surface area contributed by atoms with Gasteiger partial charge in [0.05, 0.1) is 31.2 Å². The van der Waals surface area contributed by atoms with Gasteiger partial charge in [-0.3, -0.25) is 19.2 Å². The SMILES string of the molecule is COC(=O)C[C@H]1[C@]2(C)C3=C(C)[C@H](c4ccoc4)C[C@H]3O[C@@H]2[C@H](OC(C)=O)[C@H]2[C@](C)(C=O)[C@H](OC(C)=O)C[C@H](OC(C)=O)[C@@]21C. The fourth-order valence-corrected chi connectivity index (χ4v) is 9.63. The Kier molecular flexibility index (Phi) is 8.10. The summed E-state index contributed by atoms with van der Waals surface area (Å²) in [6, 6.07) is 1.92. The van der Waals surface area contributed by atoms with E-state index >= 15 is 0 Å². The third kappa shape index (κ3) is 4.61. The summed E-state index contributed by atoms with van der Waals surface area (Å²) in [5.41, 5.74) is -0.412. The lowest BCUT2D eigenvalue weighted by molar-refractivity contribution is -0.281. The molecule has 0 radical (unpaired) electrons. The molecular weight excluding hydrogens is 572 g/mol. The standard InChI is InChI=1S/C33H42O11/c1-16-21(20-9-10-40-14-20)11-22-27(16)33(7)23(12-26(38)39-8)32(6)25(42-18(3)36)13-24(41-17(2)35)31(5,15-34)29(32)28(30(33)44-22)43-19(4)37/h9-10,14-15,21-25,28-30H,11-13H2,1-8H3/t21-,22-,23-,24-,25+,28-,29+,30-,31-,32+,33-/m1/s1. The van der Waals surface area contributed by atoms with E-state index in [0.717, 1.165) is 23.0 Å². The number of esters is 4. The highest BCUT2D eigenvalue weighted by Crippen LogP contribution is 2.72. The predicted octanol–water partition coefficient (Wildman–Crippen LogP) is 4.08. The Balaban J connectivity index is 1.80. The third-order valence-corrected chi connectivity index (χ3v) is 11.2. The molecule has 4 aliphatic rings. The van der Waals surface area contributed by atoms with Crippen molar-refractivity contribution < 1.29 is 52.1 Å². The molecule has 1 saturated heterocycles. The number of hydrogen-bond acceptors (Lipinski definition) is 11. The van der Waals surface area contributed by atoms with Gasteiger partial charge in [0.2, 0.25) is 0 Å². The molecule has 44 heavy (non-hydrogen) atoms. The van der Waals surface area contributed by atoms with E-state index in [1.54, 1.807) is 19.5 Å². The van der Waals surface area contributed by atoms with Crippen molar-refractivity contribution in [2.45, 2.75) is 104 Å². The lowest BCUT2D eigenvalue weighted by atomic mass is 9.39. The topological polar surface area (TPSA) is 145 Å². The molecule has 0 spiro atoms. The van der Waals surface area contributed by atoms with Crippen LogP contribution in [0.2, 0.25) is 0 Å². The van der Waals surface area contributed by atoms with Gasteiger partial charge in [-0.1, -0.05) is 19.4 Å². The highest BCUT2D eigenvalue weighted by molar-refractivity contribution is 5.72. The monoisotopic (exact) mass is 614 g/mol. The summed E-state index contributed by atoms with van der Waals surface area (Å²) < 4.78 is 35.3. The maximum Gasteiger partial charge on any atom is 0.305 e. The van der Waals surface area contributed by atoms with Crippen LogP contribution in [0, 0.1) is 28.1 Å². The Morgan fingerprint density at radius 2 is 1.61 bits per heavy atom. The number of aldehydes is 1. The summed E-state index contributed by atoms with van der Waals surface area (Å²) >= 11 is 0. The molecule has 11 atom stereocenters. The highest BCUT2D eigenvalue weighted by atomic mass is 16.6. The first-order valence-electron chi connectivity index (χ1n) is 15.1. The number of carbonyl (C=O) groups is 5. The molecule has 240 valence electrons. The molecule has 3 fully saturated rings. The van der Waals surface area contributed by atoms with E-state index in [4.69, 9.17) is 28.1 Å². The number of allylic oxidation sites excluding steroid dienone is 1. The first-order chi connectivity index (χ1) is 20.6. The molecule has 11 heteroatoms. The number of carbonyl (C=O) groups excluding carboxylic acids is 5. The van der Waals surface area contributed by atoms with E-state index in [9.17, 15) is 24.0 Å². The number of hydrogen-bond donors (Lipinski definition) is 0. The molecule has 1 aromatic rings. The zero-order chi connectivity index (χ0) is 32.4. The zero-order valence-electron chi connectivity index (χ0n) is 26.5. The van der Waals surface area contributed by atoms with Crippen LogP contribution in [-0.2, 0) is 47.7 Å². The number of fused-ring (bicyclic) bond motifs is 4. The van der Waals surface area contributed by atoms with Crippen molar-refractivity contribution in [3.8, 4) is 0 Å². The summed E-state index contributed by atoms with van der Waals surface area (Å²) in [7, 11) is 1.31. The Hall–Kier alpha value is -3.47. The fraction of sp³-hybridized carbons (Fsp3) is 0.667. The van der Waals surface area contributed by atoms with E-state index in [-0.39, 0.29) is 24.9 Å². The second-order valence-corrected chi connectivity index (χ2v) is 13.4. The molecular formula is C33H42O11. The Labute approximate surface area is 256 Å². The number of furan rings is 1. The molecule has 0 amide bonds. The van der Waals surface area contributed by atoms with E-state index in [1.165, 1.54) is 27.9 Å². The fourth-order valence-electron chi connectivity index (χ4n) is 9.63. The molecule has 5 rings (SSSR count). The molecule has 2 saturated carbocycles. The van der Waals surface area contributed by atoms with Crippen LogP contribution in [0.5, 0.6) is 0 Å². The molecule has 0 N–H and O–H groups in total. The minimum absolute atomic E-state index is 0.00652. The quantitative estimate of drug-likeness (QED) is 0.190. The second kappa shape index (κ2) is 11.2. The van der Waals surface area contributed by atoms with Crippen molar-refractivity contribution in [3.63, 3.8) is 0 Å². The van der Waals surface area contributed by atoms with Gasteiger partial charge in [-0.2, -0.15) is 0 Å². The van der Waals surface area contributed by atoms with Gasteiger partial charge in [0.25, 0.3) is 0 Å². The van der Waals surface area contributed by atoms with E-state index in [0.29, 0.717) is 6.42 Å². The maximum absolute atomic E-state index is 13.3. The van der Waals surface area contributed by atoms with Crippen molar-refractivity contribution in [1.29, 1.82) is 0 Å². The van der Waals surface area contributed by atoms with Crippen LogP contribution in [0.25, 0.3) is 0 Å². The minimum atomic E-state index is -1.41. The van der Waals surface area contributed by atoms with Crippen LogP contribution >= 0.6 is 0 Å². The summed E-state index contributed by atoms with van der Waals surface area (Å²) in [6.07, 6.45) is 0.527. The molecule has 3 aliphatic carbocycles. The van der Waals surface area contributed by atoms with E-state index in [2.05, 4.69) is 0 Å². The highest BCUT2D eigenvalue weighted by Gasteiger charge is 2.77. The van der Waals surface area contributed by atoms with Gasteiger partial charge in [-0.05, 0) is 43.4 Å². The number of ether oxygens (including phenoxy) is 5. The molecule has 0 unspecified atom stereocenters. The molecule has 1 aliphatic heterocycles. The number of rotatable bonds is 7. The second-order valence-electron chi connectivity index (χ2n) is 13.4. The van der Waals surface area contributed by atoms with Crippen LogP contribution in [0.15, 0.2) is 34.2 Å². The Morgan fingerprint density at radius 1 is 0.977 bits per heavy atom. The van der Waals surface area contributed by atoms with Crippen molar-refractivity contribution in [2.75, 3.05) is 7.11 Å². The Morgan fingerprint density at radius 3 is 2.16 bits per heavy atom. The van der Waals surface area contributed by atoms with Crippen molar-refractivity contribution in [2.24, 2.45) is 28.1 Å². The van der Waals surface area contributed by atoms with Gasteiger partial charge in [0.15, 0.2) is 0 Å². The maximum atomic E-state index is 13.3. The normalized spacial score (nSPS) is 40.7. The van der Waals surface area contributed by atoms with Crippen LogP contribution in [0.3, 0.4) is 0 Å². The van der Waals surface area contributed by atoms with Crippen molar-refractivity contribution in [3.05, 3.63) is 35.3 Å². The summed E-state index contributed by atoms with van der Waals surface area (Å²) in [5, 5.41) is 0. The summed E-state index contributed by atoms with van der Waals surface area (Å²) in [4.78, 5) is 64.2. The van der Waals surface area contributed by atoms with Gasteiger partial charge in [0, 0.05) is 56.3 Å². The minimum Gasteiger partial charge on any atom is -0.472 e. The summed E-state index contributed by atoms with van der Waals surface area (Å²) in [5.74, 6) is -3.73. The van der Waals surface area contributed by atoms with Crippen molar-refractivity contribution in [1.82, 2.24) is 0 Å². The largest absolute Gasteiger partial charge is 0.472 e. The van der Waals surface area contributed by atoms with Crippen LogP contribution in [0.4, 0.5) is 0 Å². The zero-order valence-corrected chi connectivity index (χ0v) is 26.5. The molecule has 1 aromatic heterocycles. The van der Waals surface area contributed by atoms with Crippen LogP contribution in [-0.4, -0.2) is 67.8 Å². The van der Waals surface area contributed by atoms with Crippen LogP contribution in [0.1, 0.15) is 79.2 Å². The molecule has 0 aromatic carbocycles. The third-order valence-electron chi connectivity index (χ3n) is 11.2. The van der Waals surface area contributed by atoms with Crippen LogP contribution < -0.4 is 0 Å². The van der Waals surface area contributed by atoms with Gasteiger partial charge < -0.3 is 32.9 Å². The smallest absolute Gasteiger partial charge is 0.305 e.